The SMILES string of the molecule is CCCCn1c(SC(C)C(=O)NC(=O)NC(C)(C)C)nnc1-c1ccc(OC)cc1. The van der Waals surface area contributed by atoms with Crippen LogP contribution in [0.15, 0.2) is 29.4 Å². The fourth-order valence-electron chi connectivity index (χ4n) is 2.64. The molecule has 1 unspecified atom stereocenters. The summed E-state index contributed by atoms with van der Waals surface area (Å²) in [5, 5.41) is 13.9. The fourth-order valence-corrected chi connectivity index (χ4v) is 3.52. The summed E-state index contributed by atoms with van der Waals surface area (Å²) in [6.45, 7) is 10.2. The van der Waals surface area contributed by atoms with Gasteiger partial charge in [0, 0.05) is 17.6 Å². The average molecular weight is 434 g/mol. The summed E-state index contributed by atoms with van der Waals surface area (Å²) < 4.78 is 7.24. The minimum absolute atomic E-state index is 0.377. The highest BCUT2D eigenvalue weighted by Gasteiger charge is 2.23. The highest BCUT2D eigenvalue weighted by atomic mass is 32.2. The molecule has 0 fully saturated rings. The minimum atomic E-state index is -0.510. The van der Waals surface area contributed by atoms with Gasteiger partial charge in [-0.25, -0.2) is 4.79 Å². The van der Waals surface area contributed by atoms with Crippen molar-refractivity contribution in [3.05, 3.63) is 24.3 Å². The maximum Gasteiger partial charge on any atom is 0.321 e. The lowest BCUT2D eigenvalue weighted by Crippen LogP contribution is -2.49. The molecule has 0 radical (unpaired) electrons. The van der Waals surface area contributed by atoms with Gasteiger partial charge in [-0.2, -0.15) is 0 Å². The molecule has 1 atom stereocenters. The van der Waals surface area contributed by atoms with Gasteiger partial charge >= 0.3 is 6.03 Å². The summed E-state index contributed by atoms with van der Waals surface area (Å²) >= 11 is 1.28. The third kappa shape index (κ3) is 6.76. The molecule has 2 rings (SSSR count). The van der Waals surface area contributed by atoms with Crippen molar-refractivity contribution >= 4 is 23.7 Å². The summed E-state index contributed by atoms with van der Waals surface area (Å²) in [6.07, 6.45) is 1.98. The smallest absolute Gasteiger partial charge is 0.321 e. The van der Waals surface area contributed by atoms with E-state index in [2.05, 4.69) is 27.8 Å². The van der Waals surface area contributed by atoms with Crippen LogP contribution >= 0.6 is 11.8 Å². The Labute approximate surface area is 182 Å². The Balaban J connectivity index is 2.16. The molecule has 0 saturated carbocycles. The van der Waals surface area contributed by atoms with Gasteiger partial charge in [-0.3, -0.25) is 10.1 Å². The first-order valence-corrected chi connectivity index (χ1v) is 10.9. The lowest BCUT2D eigenvalue weighted by atomic mass is 10.1. The van der Waals surface area contributed by atoms with Crippen LogP contribution in [0.25, 0.3) is 11.4 Å². The molecule has 30 heavy (non-hydrogen) atoms. The van der Waals surface area contributed by atoms with E-state index in [0.29, 0.717) is 5.16 Å². The largest absolute Gasteiger partial charge is 0.497 e. The Morgan fingerprint density at radius 1 is 1.20 bits per heavy atom. The fraction of sp³-hybridized carbons (Fsp3) is 0.524. The van der Waals surface area contributed by atoms with Crippen molar-refractivity contribution in [3.63, 3.8) is 0 Å². The molecule has 1 aromatic heterocycles. The number of urea groups is 1. The standard InChI is InChI=1S/C21H31N5O3S/c1-7-8-13-26-17(15-9-11-16(29-6)12-10-15)24-25-20(26)30-14(2)18(27)22-19(28)23-21(3,4)5/h9-12,14H,7-8,13H2,1-6H3,(H2,22,23,27,28). The topological polar surface area (TPSA) is 98.1 Å². The second-order valence-corrected chi connectivity index (χ2v) is 9.30. The molecule has 0 aliphatic rings. The Morgan fingerprint density at radius 2 is 1.87 bits per heavy atom. The van der Waals surface area contributed by atoms with Gasteiger partial charge in [0.15, 0.2) is 11.0 Å². The van der Waals surface area contributed by atoms with E-state index in [1.807, 2.05) is 49.6 Å². The Morgan fingerprint density at radius 3 is 2.43 bits per heavy atom. The molecule has 0 saturated heterocycles. The van der Waals surface area contributed by atoms with E-state index in [1.165, 1.54) is 11.8 Å². The van der Waals surface area contributed by atoms with Crippen LogP contribution in [0, 0.1) is 0 Å². The van der Waals surface area contributed by atoms with Crippen LogP contribution in [0.5, 0.6) is 5.75 Å². The molecule has 8 nitrogen and oxygen atoms in total. The zero-order valence-electron chi connectivity index (χ0n) is 18.5. The number of amides is 3. The van der Waals surface area contributed by atoms with Crippen LogP contribution in [0.4, 0.5) is 4.79 Å². The molecule has 3 amide bonds. The number of thioether (sulfide) groups is 1. The average Bonchev–Trinajstić information content (AvgIpc) is 3.07. The van der Waals surface area contributed by atoms with Crippen LogP contribution < -0.4 is 15.4 Å². The quantitative estimate of drug-likeness (QED) is 0.614. The molecule has 0 aliphatic carbocycles. The van der Waals surface area contributed by atoms with Gasteiger partial charge < -0.3 is 14.6 Å². The molecular formula is C21H31N5O3S. The number of rotatable bonds is 8. The van der Waals surface area contributed by atoms with E-state index < -0.39 is 16.8 Å². The number of unbranched alkanes of at least 4 members (excludes halogenated alkanes) is 1. The molecule has 0 spiro atoms. The van der Waals surface area contributed by atoms with Crippen molar-refractivity contribution in [3.8, 4) is 17.1 Å². The summed E-state index contributed by atoms with van der Waals surface area (Å²) in [7, 11) is 1.63. The molecule has 2 N–H and O–H groups in total. The number of ether oxygens (including phenoxy) is 1. The number of nitrogens with one attached hydrogen (secondary N) is 2. The number of aromatic nitrogens is 3. The maximum atomic E-state index is 12.5. The second-order valence-electron chi connectivity index (χ2n) is 7.99. The monoisotopic (exact) mass is 433 g/mol. The van der Waals surface area contributed by atoms with Crippen LogP contribution in [0.3, 0.4) is 0 Å². The molecule has 2 aromatic rings. The maximum absolute atomic E-state index is 12.5. The summed E-state index contributed by atoms with van der Waals surface area (Å²) in [5.74, 6) is 1.14. The highest BCUT2D eigenvalue weighted by Crippen LogP contribution is 2.28. The zero-order valence-corrected chi connectivity index (χ0v) is 19.3. The second kappa shape index (κ2) is 10.5. The third-order valence-corrected chi connectivity index (χ3v) is 5.26. The first-order valence-electron chi connectivity index (χ1n) is 10.0. The molecule has 0 aliphatic heterocycles. The molecular weight excluding hydrogens is 402 g/mol. The minimum Gasteiger partial charge on any atom is -0.497 e. The first kappa shape index (κ1) is 23.7. The van der Waals surface area contributed by atoms with Crippen molar-refractivity contribution in [1.82, 2.24) is 25.4 Å². The first-order chi connectivity index (χ1) is 14.1. The van der Waals surface area contributed by atoms with Gasteiger partial charge in [-0.15, -0.1) is 10.2 Å². The Hall–Kier alpha value is -2.55. The van der Waals surface area contributed by atoms with E-state index in [9.17, 15) is 9.59 Å². The van der Waals surface area contributed by atoms with Crippen LogP contribution in [0.1, 0.15) is 47.5 Å². The summed E-state index contributed by atoms with van der Waals surface area (Å²) in [5.41, 5.74) is 0.502. The van der Waals surface area contributed by atoms with Crippen molar-refractivity contribution < 1.29 is 14.3 Å². The number of hydrogen-bond acceptors (Lipinski definition) is 6. The third-order valence-electron chi connectivity index (χ3n) is 4.18. The summed E-state index contributed by atoms with van der Waals surface area (Å²) in [4.78, 5) is 24.4. The molecule has 164 valence electrons. The molecule has 1 heterocycles. The molecule has 0 bridgehead atoms. The van der Waals surface area contributed by atoms with Gasteiger partial charge in [0.25, 0.3) is 0 Å². The molecule has 9 heteroatoms. The van der Waals surface area contributed by atoms with E-state index in [4.69, 9.17) is 4.74 Å². The van der Waals surface area contributed by atoms with Gasteiger partial charge in [0.1, 0.15) is 5.75 Å². The number of benzene rings is 1. The number of carbonyl (C=O) groups is 2. The zero-order chi connectivity index (χ0) is 22.3. The number of imide groups is 1. The van der Waals surface area contributed by atoms with Gasteiger partial charge in [-0.05, 0) is 58.4 Å². The van der Waals surface area contributed by atoms with Gasteiger partial charge in [0.2, 0.25) is 5.91 Å². The Kier molecular flexibility index (Phi) is 8.28. The van der Waals surface area contributed by atoms with E-state index in [-0.39, 0.29) is 5.91 Å². The van der Waals surface area contributed by atoms with E-state index in [0.717, 1.165) is 36.5 Å². The van der Waals surface area contributed by atoms with Crippen LogP contribution in [0.2, 0.25) is 0 Å². The Bertz CT molecular complexity index is 859. The summed E-state index contributed by atoms with van der Waals surface area (Å²) in [6, 6.07) is 7.13. The molecule has 1 aromatic carbocycles. The van der Waals surface area contributed by atoms with Crippen molar-refractivity contribution in [1.29, 1.82) is 0 Å². The van der Waals surface area contributed by atoms with Crippen molar-refractivity contribution in [2.24, 2.45) is 0 Å². The number of methoxy groups -OCH3 is 1. The van der Waals surface area contributed by atoms with Crippen LogP contribution in [-0.4, -0.2) is 44.6 Å². The number of nitrogens with zero attached hydrogens (tertiary/aromatic N) is 3. The van der Waals surface area contributed by atoms with Gasteiger partial charge in [0.05, 0.1) is 12.4 Å². The van der Waals surface area contributed by atoms with Crippen LogP contribution in [-0.2, 0) is 11.3 Å². The highest BCUT2D eigenvalue weighted by molar-refractivity contribution is 8.00. The predicted molar refractivity (Wildman–Crippen MR) is 119 cm³/mol. The van der Waals surface area contributed by atoms with E-state index >= 15 is 0 Å². The lowest BCUT2D eigenvalue weighted by Gasteiger charge is -2.21. The number of carbonyl (C=O) groups excluding carboxylic acids is 2. The normalized spacial score (nSPS) is 12.3. The predicted octanol–water partition coefficient (Wildman–Crippen LogP) is 3.86. The lowest BCUT2D eigenvalue weighted by molar-refractivity contribution is -0.119. The van der Waals surface area contributed by atoms with Gasteiger partial charge in [-0.1, -0.05) is 25.1 Å². The van der Waals surface area contributed by atoms with E-state index in [1.54, 1.807) is 14.0 Å². The van der Waals surface area contributed by atoms with Crippen molar-refractivity contribution in [2.45, 2.75) is 70.0 Å². The van der Waals surface area contributed by atoms with Crippen molar-refractivity contribution in [2.75, 3.05) is 7.11 Å². The number of hydrogen-bond donors (Lipinski definition) is 2.